The van der Waals surface area contributed by atoms with Crippen molar-refractivity contribution in [1.82, 2.24) is 14.6 Å². The highest BCUT2D eigenvalue weighted by molar-refractivity contribution is 7.90. The van der Waals surface area contributed by atoms with Gasteiger partial charge in [0.05, 0.1) is 11.7 Å². The fourth-order valence-corrected chi connectivity index (χ4v) is 4.49. The van der Waals surface area contributed by atoms with Gasteiger partial charge in [-0.3, -0.25) is 4.98 Å². The predicted molar refractivity (Wildman–Crippen MR) is 132 cm³/mol. The summed E-state index contributed by atoms with van der Waals surface area (Å²) >= 11 is -1.20. The molecule has 1 aliphatic rings. The van der Waals surface area contributed by atoms with E-state index in [2.05, 4.69) is 42.6 Å². The molecule has 0 aromatic carbocycles. The molecule has 7 heteroatoms. The number of likely N-dealkylation sites (tertiary alicyclic amines) is 1. The Morgan fingerprint density at radius 3 is 2.47 bits per heavy atom. The molecule has 32 heavy (non-hydrogen) atoms. The molecular weight excluding hydrogens is 422 g/mol. The van der Waals surface area contributed by atoms with Crippen molar-refractivity contribution in [3.8, 4) is 0 Å². The van der Waals surface area contributed by atoms with Gasteiger partial charge in [0.15, 0.2) is 0 Å². The van der Waals surface area contributed by atoms with E-state index < -0.39 is 17.0 Å². The minimum Gasteiger partial charge on any atom is -0.598 e. The van der Waals surface area contributed by atoms with E-state index in [1.165, 1.54) is 5.56 Å². The number of carbonyl (C=O) groups is 1. The highest BCUT2D eigenvalue weighted by Crippen LogP contribution is 2.30. The summed E-state index contributed by atoms with van der Waals surface area (Å²) in [5.41, 5.74) is 1.68. The van der Waals surface area contributed by atoms with Crippen LogP contribution >= 0.6 is 0 Å². The number of nitrogens with zero attached hydrogens (tertiary/aromatic N) is 2. The maximum atomic E-state index is 12.9. The molecule has 1 N–H and O–H groups in total. The molecule has 0 radical (unpaired) electrons. The third-order valence-electron chi connectivity index (χ3n) is 5.61. The molecule has 0 aliphatic carbocycles. The van der Waals surface area contributed by atoms with Crippen molar-refractivity contribution in [2.45, 2.75) is 103 Å². The molecule has 1 aliphatic heterocycles. The number of hydrogen-bond donors (Lipinski definition) is 1. The summed E-state index contributed by atoms with van der Waals surface area (Å²) in [5, 5.41) is 0. The Bertz CT molecular complexity index is 765. The van der Waals surface area contributed by atoms with Crippen molar-refractivity contribution >= 4 is 17.5 Å². The number of carbonyl (C=O) groups excluding carboxylic acids is 1. The molecule has 0 spiro atoms. The smallest absolute Gasteiger partial charge is 0.410 e. The lowest BCUT2D eigenvalue weighted by Gasteiger charge is -2.29. The first kappa shape index (κ1) is 26.9. The Kier molecular flexibility index (Phi) is 8.68. The summed E-state index contributed by atoms with van der Waals surface area (Å²) in [6.45, 7) is 19.6. The molecule has 6 nitrogen and oxygen atoms in total. The molecule has 1 saturated heterocycles. The Morgan fingerprint density at radius 2 is 1.91 bits per heavy atom. The third kappa shape index (κ3) is 8.23. The highest BCUT2D eigenvalue weighted by atomic mass is 32.2. The van der Waals surface area contributed by atoms with Gasteiger partial charge in [-0.2, -0.15) is 0 Å². The summed E-state index contributed by atoms with van der Waals surface area (Å²) in [6.07, 6.45) is 4.33. The van der Waals surface area contributed by atoms with Crippen LogP contribution in [0.2, 0.25) is 0 Å². The first-order valence-corrected chi connectivity index (χ1v) is 12.8. The summed E-state index contributed by atoms with van der Waals surface area (Å²) in [6, 6.07) is 4.09. The van der Waals surface area contributed by atoms with Crippen LogP contribution in [0.4, 0.5) is 4.79 Å². The van der Waals surface area contributed by atoms with Gasteiger partial charge in [0.25, 0.3) is 0 Å². The third-order valence-corrected chi connectivity index (χ3v) is 7.22. The van der Waals surface area contributed by atoms with Crippen LogP contribution < -0.4 is 4.72 Å². The van der Waals surface area contributed by atoms with Crippen LogP contribution in [0.1, 0.15) is 98.9 Å². The number of nitrogens with one attached hydrogen (secondary N) is 1. The van der Waals surface area contributed by atoms with Crippen LogP contribution in [0.5, 0.6) is 0 Å². The first-order valence-electron chi connectivity index (χ1n) is 11.7. The van der Waals surface area contributed by atoms with Crippen molar-refractivity contribution in [1.29, 1.82) is 0 Å². The lowest BCUT2D eigenvalue weighted by Crippen LogP contribution is -2.41. The van der Waals surface area contributed by atoms with E-state index in [0.29, 0.717) is 12.5 Å². The van der Waals surface area contributed by atoms with Gasteiger partial charge in [0, 0.05) is 30.6 Å². The van der Waals surface area contributed by atoms with E-state index in [9.17, 15) is 9.35 Å². The van der Waals surface area contributed by atoms with Crippen LogP contribution in [0.25, 0.3) is 0 Å². The van der Waals surface area contributed by atoms with Crippen LogP contribution in [-0.2, 0) is 21.5 Å². The number of aromatic nitrogens is 1. The second-order valence-corrected chi connectivity index (χ2v) is 13.9. The van der Waals surface area contributed by atoms with E-state index in [1.54, 1.807) is 0 Å². The second-order valence-electron chi connectivity index (χ2n) is 11.9. The minimum absolute atomic E-state index is 0.0186. The van der Waals surface area contributed by atoms with E-state index in [0.717, 1.165) is 31.5 Å². The van der Waals surface area contributed by atoms with E-state index in [4.69, 9.17) is 4.74 Å². The number of ether oxygens (including phenoxy) is 1. The van der Waals surface area contributed by atoms with Crippen LogP contribution in [0, 0.1) is 5.92 Å². The molecule has 0 bridgehead atoms. The maximum Gasteiger partial charge on any atom is 0.410 e. The zero-order valence-corrected chi connectivity index (χ0v) is 22.3. The highest BCUT2D eigenvalue weighted by Gasteiger charge is 2.33. The van der Waals surface area contributed by atoms with Gasteiger partial charge < -0.3 is 14.2 Å². The molecule has 0 saturated carbocycles. The predicted octanol–water partition coefficient (Wildman–Crippen LogP) is 5.51. The van der Waals surface area contributed by atoms with Crippen molar-refractivity contribution in [2.24, 2.45) is 5.92 Å². The summed E-state index contributed by atoms with van der Waals surface area (Å²) in [4.78, 5) is 18.8. The van der Waals surface area contributed by atoms with Crippen LogP contribution in [-0.4, -0.2) is 44.0 Å². The Hall–Kier alpha value is -1.31. The number of amides is 1. The average molecular weight is 466 g/mol. The molecule has 1 aromatic heterocycles. The summed E-state index contributed by atoms with van der Waals surface area (Å²) in [7, 11) is 0. The largest absolute Gasteiger partial charge is 0.598 e. The molecule has 1 aromatic rings. The lowest BCUT2D eigenvalue weighted by atomic mass is 9.86. The van der Waals surface area contributed by atoms with Gasteiger partial charge in [-0.25, -0.2) is 4.79 Å². The summed E-state index contributed by atoms with van der Waals surface area (Å²) < 4.78 is 21.4. The molecule has 182 valence electrons. The fraction of sp³-hybridized carbons (Fsp3) is 0.760. The minimum atomic E-state index is -1.20. The fourth-order valence-electron chi connectivity index (χ4n) is 3.64. The van der Waals surface area contributed by atoms with Crippen LogP contribution in [0.15, 0.2) is 18.3 Å². The summed E-state index contributed by atoms with van der Waals surface area (Å²) in [5.74, 6) is 0.403. The standard InChI is InChI=1S/C25H43N3O3S/c1-23(2,3)19-12-14-26-21(16-19)20(27-32(30)25(7,8)9)11-10-18-13-15-28(17-18)22(29)31-24(4,5)6/h12,14,16,18,20,27H,10-11,13,15,17H2,1-9H3/t18-,20?,32?/m0/s1. The van der Waals surface area contributed by atoms with E-state index >= 15 is 0 Å². The van der Waals surface area contributed by atoms with Gasteiger partial charge in [0.1, 0.15) is 10.3 Å². The van der Waals surface area contributed by atoms with Gasteiger partial charge in [-0.15, -0.1) is 4.72 Å². The van der Waals surface area contributed by atoms with Crippen molar-refractivity contribution in [3.63, 3.8) is 0 Å². The lowest BCUT2D eigenvalue weighted by molar-refractivity contribution is 0.0287. The zero-order chi connectivity index (χ0) is 24.3. The molecule has 2 rings (SSSR count). The topological polar surface area (TPSA) is 77.5 Å². The Balaban J connectivity index is 2.09. The molecule has 1 fully saturated rings. The number of rotatable bonds is 6. The SMILES string of the molecule is CC(C)(C)OC(=O)N1CC[C@H](CCC(N[S+]([O-])C(C)(C)C)c2cc(C(C)(C)C)ccn2)C1. The van der Waals surface area contributed by atoms with Gasteiger partial charge in [-0.05, 0) is 89.8 Å². The van der Waals surface area contributed by atoms with Gasteiger partial charge >= 0.3 is 6.09 Å². The molecule has 3 atom stereocenters. The maximum absolute atomic E-state index is 12.9. The van der Waals surface area contributed by atoms with Crippen molar-refractivity contribution in [2.75, 3.05) is 13.1 Å². The Morgan fingerprint density at radius 1 is 1.25 bits per heavy atom. The molecule has 2 unspecified atom stereocenters. The van der Waals surface area contributed by atoms with Gasteiger partial charge in [0.2, 0.25) is 0 Å². The first-order chi connectivity index (χ1) is 14.6. The number of pyridine rings is 1. The second kappa shape index (κ2) is 10.3. The average Bonchev–Trinajstić information content (AvgIpc) is 3.11. The van der Waals surface area contributed by atoms with Crippen LogP contribution in [0.3, 0.4) is 0 Å². The zero-order valence-electron chi connectivity index (χ0n) is 21.4. The molecular formula is C25H43N3O3S. The molecule has 1 amide bonds. The molecule has 2 heterocycles. The monoisotopic (exact) mass is 465 g/mol. The Labute approximate surface area is 198 Å². The van der Waals surface area contributed by atoms with E-state index in [1.807, 2.05) is 52.6 Å². The van der Waals surface area contributed by atoms with Gasteiger partial charge in [-0.1, -0.05) is 20.8 Å². The number of hydrogen-bond acceptors (Lipinski definition) is 5. The van der Waals surface area contributed by atoms with Crippen molar-refractivity contribution in [3.05, 3.63) is 29.6 Å². The quantitative estimate of drug-likeness (QED) is 0.561. The van der Waals surface area contributed by atoms with Crippen molar-refractivity contribution < 1.29 is 14.1 Å². The van der Waals surface area contributed by atoms with E-state index in [-0.39, 0.29) is 22.3 Å². The normalized spacial score (nSPS) is 19.7.